The Balaban J connectivity index is 1.17. The topological polar surface area (TPSA) is 110 Å². The molecule has 6 aromatic carbocycles. The number of hydrogen-bond acceptors (Lipinski definition) is 4. The van der Waals surface area contributed by atoms with Gasteiger partial charge in [0.15, 0.2) is 0 Å². The quantitative estimate of drug-likeness (QED) is 0.0855. The SMILES string of the molecule is CC(C)(N)c1ccc(-c2ccc(NC(=O)c3ccc(-c4ccc(C(=O)NC(C)(C)c5ccc(-c6ccc(N)cc6C(F)(F)F)c(C(F)(F)F)c5)cc4)cc3)cc2C(F)(F)F)c(C(F)(F)F)c1. The average Bonchev–Trinajstić information content (AvgIpc) is 3.21. The summed E-state index contributed by atoms with van der Waals surface area (Å²) in [5.41, 5.74) is 0.840. The summed E-state index contributed by atoms with van der Waals surface area (Å²) in [7, 11) is 0. The van der Waals surface area contributed by atoms with E-state index in [-0.39, 0.29) is 33.6 Å². The van der Waals surface area contributed by atoms with Gasteiger partial charge in [-0.05, 0) is 133 Å². The lowest BCUT2D eigenvalue weighted by Crippen LogP contribution is -2.41. The second kappa shape index (κ2) is 17.2. The third-order valence-corrected chi connectivity index (χ3v) is 10.7. The Morgan fingerprint density at radius 3 is 1.24 bits per heavy atom. The van der Waals surface area contributed by atoms with Crippen molar-refractivity contribution in [2.75, 3.05) is 11.1 Å². The maximum atomic E-state index is 14.4. The zero-order valence-electron chi connectivity index (χ0n) is 35.1. The second-order valence-corrected chi connectivity index (χ2v) is 16.5. The highest BCUT2D eigenvalue weighted by molar-refractivity contribution is 6.04. The van der Waals surface area contributed by atoms with Gasteiger partial charge in [-0.3, -0.25) is 9.59 Å². The third kappa shape index (κ3) is 10.6. The van der Waals surface area contributed by atoms with Crippen LogP contribution in [0, 0.1) is 0 Å². The number of anilines is 2. The van der Waals surface area contributed by atoms with Gasteiger partial charge in [-0.15, -0.1) is 0 Å². The highest BCUT2D eigenvalue weighted by Crippen LogP contribution is 2.46. The number of nitrogens with two attached hydrogens (primary N) is 2. The molecule has 6 nitrogen and oxygen atoms in total. The van der Waals surface area contributed by atoms with Crippen LogP contribution in [0.25, 0.3) is 33.4 Å². The van der Waals surface area contributed by atoms with Crippen LogP contribution in [-0.2, 0) is 35.8 Å². The lowest BCUT2D eigenvalue weighted by Gasteiger charge is -2.29. The number of nitrogen functional groups attached to an aromatic ring is 1. The number of nitrogens with one attached hydrogen (secondary N) is 2. The van der Waals surface area contributed by atoms with Crippen LogP contribution in [0.3, 0.4) is 0 Å². The first kappa shape index (κ1) is 48.6. The van der Waals surface area contributed by atoms with Crippen LogP contribution in [-0.4, -0.2) is 11.8 Å². The van der Waals surface area contributed by atoms with Gasteiger partial charge in [0.05, 0.1) is 27.8 Å². The summed E-state index contributed by atoms with van der Waals surface area (Å²) in [4.78, 5) is 26.5. The molecule has 0 aliphatic heterocycles. The number of carbonyl (C=O) groups excluding carboxylic acids is 2. The molecule has 6 aromatic rings. The molecule has 0 spiro atoms. The van der Waals surface area contributed by atoms with Gasteiger partial charge < -0.3 is 22.1 Å². The van der Waals surface area contributed by atoms with Gasteiger partial charge in [0.1, 0.15) is 0 Å². The third-order valence-electron chi connectivity index (χ3n) is 10.7. The summed E-state index contributed by atoms with van der Waals surface area (Å²) in [6, 6.07) is 22.1. The molecule has 66 heavy (non-hydrogen) atoms. The molecule has 6 rings (SSSR count). The van der Waals surface area contributed by atoms with E-state index in [0.29, 0.717) is 35.4 Å². The zero-order valence-corrected chi connectivity index (χ0v) is 35.1. The molecule has 2 amide bonds. The number of alkyl halides is 12. The fourth-order valence-corrected chi connectivity index (χ4v) is 7.20. The summed E-state index contributed by atoms with van der Waals surface area (Å²) in [5.74, 6) is -1.54. The summed E-state index contributed by atoms with van der Waals surface area (Å²) in [5, 5.41) is 4.99. The lowest BCUT2D eigenvalue weighted by molar-refractivity contribution is -0.139. The van der Waals surface area contributed by atoms with Crippen LogP contribution in [0.2, 0.25) is 0 Å². The Bertz CT molecular complexity index is 2800. The molecular weight excluding hydrogens is 893 g/mol. The van der Waals surface area contributed by atoms with Crippen molar-refractivity contribution in [3.8, 4) is 33.4 Å². The van der Waals surface area contributed by atoms with Crippen LogP contribution < -0.4 is 22.1 Å². The number of benzene rings is 6. The number of amides is 2. The molecule has 346 valence electrons. The summed E-state index contributed by atoms with van der Waals surface area (Å²) < 4.78 is 170. The molecule has 0 aliphatic carbocycles. The number of halogens is 12. The molecule has 0 saturated carbocycles. The van der Waals surface area contributed by atoms with Crippen LogP contribution in [0.4, 0.5) is 64.1 Å². The zero-order chi connectivity index (χ0) is 48.9. The van der Waals surface area contributed by atoms with E-state index in [2.05, 4.69) is 10.6 Å². The van der Waals surface area contributed by atoms with Crippen molar-refractivity contribution in [3.05, 3.63) is 166 Å². The van der Waals surface area contributed by atoms with Gasteiger partial charge in [0.2, 0.25) is 0 Å². The normalized spacial score (nSPS) is 12.8. The smallest absolute Gasteiger partial charge is 0.399 e. The highest BCUT2D eigenvalue weighted by atomic mass is 19.4. The molecule has 0 radical (unpaired) electrons. The van der Waals surface area contributed by atoms with E-state index in [0.717, 1.165) is 36.4 Å². The maximum Gasteiger partial charge on any atom is 0.417 e. The molecule has 0 fully saturated rings. The fraction of sp³-hybridized carbons (Fsp3) is 0.208. The second-order valence-electron chi connectivity index (χ2n) is 16.5. The predicted octanol–water partition coefficient (Wildman–Crippen LogP) is 13.5. The summed E-state index contributed by atoms with van der Waals surface area (Å²) in [6.07, 6.45) is -20.3. The summed E-state index contributed by atoms with van der Waals surface area (Å²) in [6.45, 7) is 5.72. The van der Waals surface area contributed by atoms with Crippen molar-refractivity contribution in [3.63, 3.8) is 0 Å². The Hall–Kier alpha value is -6.82. The average molecular weight is 931 g/mol. The van der Waals surface area contributed by atoms with Crippen LogP contribution in [0.15, 0.2) is 121 Å². The van der Waals surface area contributed by atoms with E-state index in [4.69, 9.17) is 11.5 Å². The monoisotopic (exact) mass is 930 g/mol. The number of rotatable bonds is 9. The predicted molar refractivity (Wildman–Crippen MR) is 226 cm³/mol. The fourth-order valence-electron chi connectivity index (χ4n) is 7.20. The van der Waals surface area contributed by atoms with Crippen LogP contribution in [0.5, 0.6) is 0 Å². The number of hydrogen-bond donors (Lipinski definition) is 4. The van der Waals surface area contributed by atoms with Crippen molar-refractivity contribution < 1.29 is 62.3 Å². The van der Waals surface area contributed by atoms with E-state index in [1.165, 1.54) is 88.4 Å². The van der Waals surface area contributed by atoms with Crippen LogP contribution in [0.1, 0.15) is 81.8 Å². The number of carbonyl (C=O) groups is 2. The minimum atomic E-state index is -5.12. The van der Waals surface area contributed by atoms with Gasteiger partial charge >= 0.3 is 24.7 Å². The summed E-state index contributed by atoms with van der Waals surface area (Å²) >= 11 is 0. The Morgan fingerprint density at radius 1 is 0.439 bits per heavy atom. The van der Waals surface area contributed by atoms with Crippen LogP contribution >= 0.6 is 0 Å². The molecule has 0 aliphatic rings. The van der Waals surface area contributed by atoms with Crippen molar-refractivity contribution >= 4 is 23.2 Å². The molecule has 6 N–H and O–H groups in total. The molecule has 0 atom stereocenters. The minimum Gasteiger partial charge on any atom is -0.399 e. The first-order valence-electron chi connectivity index (χ1n) is 19.6. The van der Waals surface area contributed by atoms with Gasteiger partial charge in [-0.25, -0.2) is 0 Å². The lowest BCUT2D eigenvalue weighted by atomic mass is 9.87. The molecule has 0 bridgehead atoms. The van der Waals surface area contributed by atoms with Crippen molar-refractivity contribution in [2.24, 2.45) is 5.73 Å². The standard InChI is InChI=1S/C48H38F12N4O2/c1-43(2,62)29-13-17-33(37(21-29)45(49,50)51)36-20-16-32(24-40(36)48(58,59)60)63-41(65)27-9-5-25(6-10-27)26-7-11-28(12-8-26)42(66)64-44(3,4)30-14-18-34(38(22-30)46(52,53)54)35-19-15-31(61)23-39(35)47(55,56)57/h5-24H,61-62H2,1-4H3,(H,63,65)(H,64,66). The molecule has 0 saturated heterocycles. The van der Waals surface area contributed by atoms with E-state index < -0.39 is 92.1 Å². The molecule has 0 unspecified atom stereocenters. The van der Waals surface area contributed by atoms with Crippen molar-refractivity contribution in [1.82, 2.24) is 5.32 Å². The molecule has 0 heterocycles. The highest BCUT2D eigenvalue weighted by Gasteiger charge is 2.41. The largest absolute Gasteiger partial charge is 0.417 e. The minimum absolute atomic E-state index is 0.00457. The molecule has 18 heteroatoms. The van der Waals surface area contributed by atoms with Gasteiger partial charge in [0, 0.05) is 28.0 Å². The van der Waals surface area contributed by atoms with Crippen molar-refractivity contribution in [2.45, 2.75) is 63.5 Å². The van der Waals surface area contributed by atoms with E-state index >= 15 is 0 Å². The maximum absolute atomic E-state index is 14.4. The first-order valence-corrected chi connectivity index (χ1v) is 19.6. The Kier molecular flexibility index (Phi) is 12.7. The van der Waals surface area contributed by atoms with E-state index in [1.54, 1.807) is 0 Å². The molecule has 0 aromatic heterocycles. The Labute approximate surface area is 369 Å². The Morgan fingerprint density at radius 2 is 0.803 bits per heavy atom. The van der Waals surface area contributed by atoms with Gasteiger partial charge in [-0.1, -0.05) is 60.7 Å². The van der Waals surface area contributed by atoms with Gasteiger partial charge in [0.25, 0.3) is 11.8 Å². The first-order chi connectivity index (χ1) is 30.3. The molecular formula is C48H38F12N4O2. The van der Waals surface area contributed by atoms with Crippen molar-refractivity contribution in [1.29, 1.82) is 0 Å². The van der Waals surface area contributed by atoms with E-state index in [9.17, 15) is 62.3 Å². The van der Waals surface area contributed by atoms with E-state index in [1.807, 2.05) is 0 Å². The van der Waals surface area contributed by atoms with Gasteiger partial charge in [-0.2, -0.15) is 52.7 Å².